The number of carbonyl (C=O) groups excluding carboxylic acids is 1. The van der Waals surface area contributed by atoms with Crippen molar-refractivity contribution in [3.8, 4) is 0 Å². The van der Waals surface area contributed by atoms with E-state index >= 15 is 0 Å². The highest BCUT2D eigenvalue weighted by Crippen LogP contribution is 2.32. The maximum absolute atomic E-state index is 13.1. The molecule has 2 aliphatic heterocycles. The standard InChI is InChI=1S/C28H32F3N9O3S/c1-3-22-24(39-16-18(2)14-33-27(39)34-22)26(41)32-15-19-4-6-21(7-5-19)37-10-8-20(9-11-37)25-35-23-17-38(12-13-40(23)36-25)44(42,43)28(29,30)31/h4-7,14,16,20H,3,8-13,15,17H2,1-2H3,(H,32,41). The van der Waals surface area contributed by atoms with Crippen molar-refractivity contribution in [2.45, 2.75) is 64.2 Å². The van der Waals surface area contributed by atoms with E-state index in [1.807, 2.05) is 44.3 Å². The fourth-order valence-corrected chi connectivity index (χ4v) is 6.61. The molecular weight excluding hydrogens is 599 g/mol. The van der Waals surface area contributed by atoms with Gasteiger partial charge in [0.15, 0.2) is 5.82 Å². The number of aryl methyl sites for hydroxylation is 2. The first-order valence-electron chi connectivity index (χ1n) is 14.4. The highest BCUT2D eigenvalue weighted by molar-refractivity contribution is 7.89. The Hall–Kier alpha value is -4.05. The van der Waals surface area contributed by atoms with E-state index in [0.29, 0.717) is 40.3 Å². The van der Waals surface area contributed by atoms with Crippen LogP contribution in [0.15, 0.2) is 36.7 Å². The normalized spacial score (nSPS) is 16.8. The van der Waals surface area contributed by atoms with E-state index in [9.17, 15) is 26.4 Å². The maximum Gasteiger partial charge on any atom is 0.511 e. The molecule has 44 heavy (non-hydrogen) atoms. The Morgan fingerprint density at radius 2 is 1.80 bits per heavy atom. The summed E-state index contributed by atoms with van der Waals surface area (Å²) in [6.07, 6.45) is 5.69. The fourth-order valence-electron chi connectivity index (χ4n) is 5.71. The maximum atomic E-state index is 13.1. The summed E-state index contributed by atoms with van der Waals surface area (Å²) in [6, 6.07) is 8.00. The van der Waals surface area contributed by atoms with E-state index in [0.717, 1.165) is 42.7 Å². The Kier molecular flexibility index (Phi) is 7.82. The molecule has 0 radical (unpaired) electrons. The third-order valence-electron chi connectivity index (χ3n) is 8.12. The molecule has 16 heteroatoms. The molecule has 1 saturated heterocycles. The molecular formula is C28H32F3N9O3S. The van der Waals surface area contributed by atoms with Crippen molar-refractivity contribution in [3.63, 3.8) is 0 Å². The van der Waals surface area contributed by atoms with Gasteiger partial charge in [-0.1, -0.05) is 19.1 Å². The number of imidazole rings is 1. The molecule has 0 spiro atoms. The smallest absolute Gasteiger partial charge is 0.371 e. The number of benzene rings is 1. The zero-order valence-corrected chi connectivity index (χ0v) is 25.1. The monoisotopic (exact) mass is 631 g/mol. The van der Waals surface area contributed by atoms with Crippen molar-refractivity contribution in [2.75, 3.05) is 24.5 Å². The van der Waals surface area contributed by atoms with Gasteiger partial charge in [0.1, 0.15) is 11.5 Å². The first-order valence-corrected chi connectivity index (χ1v) is 15.8. The van der Waals surface area contributed by atoms with Crippen molar-refractivity contribution in [1.29, 1.82) is 0 Å². The van der Waals surface area contributed by atoms with Gasteiger partial charge >= 0.3 is 15.5 Å². The average molecular weight is 632 g/mol. The van der Waals surface area contributed by atoms with E-state index in [-0.39, 0.29) is 30.7 Å². The first-order chi connectivity index (χ1) is 20.9. The number of nitrogens with one attached hydrogen (secondary N) is 1. The molecule has 1 N–H and O–H groups in total. The molecule has 234 valence electrons. The zero-order valence-electron chi connectivity index (χ0n) is 24.3. The molecule has 0 atom stereocenters. The summed E-state index contributed by atoms with van der Waals surface area (Å²) < 4.78 is 66.3. The molecule has 5 heterocycles. The molecule has 4 aromatic rings. The molecule has 1 amide bonds. The number of carbonyl (C=O) groups is 1. The van der Waals surface area contributed by atoms with Crippen LogP contribution in [0.25, 0.3) is 5.78 Å². The number of fused-ring (bicyclic) bond motifs is 2. The Morgan fingerprint density at radius 3 is 2.48 bits per heavy atom. The van der Waals surface area contributed by atoms with Gasteiger partial charge in [0, 0.05) is 50.2 Å². The first kappa shape index (κ1) is 30.0. The number of hydrogen-bond donors (Lipinski definition) is 1. The van der Waals surface area contributed by atoms with E-state index < -0.39 is 22.1 Å². The second-order valence-electron chi connectivity index (χ2n) is 11.1. The number of halogens is 3. The molecule has 0 unspecified atom stereocenters. The lowest BCUT2D eigenvalue weighted by Gasteiger charge is -2.32. The summed E-state index contributed by atoms with van der Waals surface area (Å²) in [5, 5.41) is 7.49. The molecule has 12 nitrogen and oxygen atoms in total. The van der Waals surface area contributed by atoms with E-state index in [1.165, 1.54) is 4.68 Å². The Labute approximate surface area is 252 Å². The average Bonchev–Trinajstić information content (AvgIpc) is 3.60. The summed E-state index contributed by atoms with van der Waals surface area (Å²) in [7, 11) is -5.41. The van der Waals surface area contributed by atoms with Gasteiger partial charge in [-0.3, -0.25) is 9.20 Å². The van der Waals surface area contributed by atoms with Gasteiger partial charge in [-0.25, -0.2) is 28.1 Å². The number of anilines is 1. The predicted molar refractivity (Wildman–Crippen MR) is 154 cm³/mol. The van der Waals surface area contributed by atoms with Crippen LogP contribution in [0.3, 0.4) is 0 Å². The van der Waals surface area contributed by atoms with Crippen LogP contribution in [0.5, 0.6) is 0 Å². The molecule has 1 fully saturated rings. The van der Waals surface area contributed by atoms with E-state index in [2.05, 4.69) is 30.3 Å². The van der Waals surface area contributed by atoms with Crippen molar-refractivity contribution in [2.24, 2.45) is 0 Å². The number of nitrogens with zero attached hydrogens (tertiary/aromatic N) is 8. The second kappa shape index (κ2) is 11.5. The molecule has 0 saturated carbocycles. The summed E-state index contributed by atoms with van der Waals surface area (Å²) in [5.41, 5.74) is -1.23. The van der Waals surface area contributed by atoms with Gasteiger partial charge in [0.05, 0.1) is 18.8 Å². The van der Waals surface area contributed by atoms with Crippen LogP contribution in [-0.4, -0.2) is 72.9 Å². The van der Waals surface area contributed by atoms with Crippen LogP contribution < -0.4 is 10.2 Å². The third kappa shape index (κ3) is 5.63. The van der Waals surface area contributed by atoms with Gasteiger partial charge in [-0.2, -0.15) is 22.6 Å². The molecule has 0 aliphatic carbocycles. The highest BCUT2D eigenvalue weighted by atomic mass is 32.2. The second-order valence-corrected chi connectivity index (χ2v) is 13.0. The van der Waals surface area contributed by atoms with Crippen LogP contribution >= 0.6 is 0 Å². The van der Waals surface area contributed by atoms with Crippen LogP contribution in [0.1, 0.15) is 64.6 Å². The summed E-state index contributed by atoms with van der Waals surface area (Å²) in [4.78, 5) is 28.6. The summed E-state index contributed by atoms with van der Waals surface area (Å²) in [6.45, 7) is 4.98. The predicted octanol–water partition coefficient (Wildman–Crippen LogP) is 3.17. The van der Waals surface area contributed by atoms with Crippen LogP contribution in [0.4, 0.5) is 18.9 Å². The molecule has 2 aliphatic rings. The molecule has 1 aromatic carbocycles. The van der Waals surface area contributed by atoms with Crippen LogP contribution in [0.2, 0.25) is 0 Å². The lowest BCUT2D eigenvalue weighted by atomic mass is 9.95. The van der Waals surface area contributed by atoms with Crippen molar-refractivity contribution in [3.05, 3.63) is 70.8 Å². The van der Waals surface area contributed by atoms with Gasteiger partial charge in [0.25, 0.3) is 5.91 Å². The SMILES string of the molecule is CCc1nc2ncc(C)cn2c1C(=O)NCc1ccc(N2CCC(c3nc4n(n3)CCN(S(=O)(=O)C(F)(F)F)C4)CC2)cc1. The number of alkyl halides is 3. The largest absolute Gasteiger partial charge is 0.511 e. The summed E-state index contributed by atoms with van der Waals surface area (Å²) >= 11 is 0. The van der Waals surface area contributed by atoms with Crippen LogP contribution in [0, 0.1) is 6.92 Å². The lowest BCUT2D eigenvalue weighted by molar-refractivity contribution is -0.0496. The number of aromatic nitrogens is 6. The van der Waals surface area contributed by atoms with E-state index in [4.69, 9.17) is 0 Å². The van der Waals surface area contributed by atoms with Gasteiger partial charge in [0.2, 0.25) is 5.78 Å². The van der Waals surface area contributed by atoms with Gasteiger partial charge < -0.3 is 10.2 Å². The van der Waals surface area contributed by atoms with Gasteiger partial charge in [-0.05, 0) is 49.4 Å². The zero-order chi connectivity index (χ0) is 31.2. The lowest BCUT2D eigenvalue weighted by Crippen LogP contribution is -2.44. The number of hydrogen-bond acceptors (Lipinski definition) is 8. The topological polar surface area (TPSA) is 131 Å². The van der Waals surface area contributed by atoms with Crippen molar-refractivity contribution in [1.82, 2.24) is 38.8 Å². The minimum atomic E-state index is -5.41. The number of piperidine rings is 1. The molecule has 3 aromatic heterocycles. The van der Waals surface area contributed by atoms with Crippen LogP contribution in [-0.2, 0) is 36.1 Å². The number of sulfonamides is 1. The highest BCUT2D eigenvalue weighted by Gasteiger charge is 2.51. The number of amides is 1. The number of rotatable bonds is 7. The van der Waals surface area contributed by atoms with E-state index in [1.54, 1.807) is 10.6 Å². The van der Waals surface area contributed by atoms with Gasteiger partial charge in [-0.15, -0.1) is 0 Å². The molecule has 6 rings (SSSR count). The molecule has 0 bridgehead atoms. The summed E-state index contributed by atoms with van der Waals surface area (Å²) in [5.74, 6) is 1.08. The minimum Gasteiger partial charge on any atom is -0.371 e. The fraction of sp³-hybridized carbons (Fsp3) is 0.464. The quantitative estimate of drug-likeness (QED) is 0.329. The Morgan fingerprint density at radius 1 is 1.07 bits per heavy atom. The van der Waals surface area contributed by atoms with Crippen molar-refractivity contribution >= 4 is 27.4 Å². The third-order valence-corrected chi connectivity index (χ3v) is 9.70. The Bertz CT molecular complexity index is 1790. The van der Waals surface area contributed by atoms with Crippen molar-refractivity contribution < 1.29 is 26.4 Å². The Balaban J connectivity index is 1.04. The minimum absolute atomic E-state index is 0.0261.